The molecule has 0 saturated carbocycles. The van der Waals surface area contributed by atoms with Gasteiger partial charge < -0.3 is 15.2 Å². The minimum Gasteiger partial charge on any atom is -0.481 e. The number of nitrogens with one attached hydrogen (secondary N) is 1. The van der Waals surface area contributed by atoms with E-state index in [9.17, 15) is 14.7 Å². The Balaban J connectivity index is 1.83. The van der Waals surface area contributed by atoms with E-state index < -0.39 is 17.8 Å². The van der Waals surface area contributed by atoms with E-state index in [4.69, 9.17) is 16.3 Å². The highest BCUT2D eigenvalue weighted by Crippen LogP contribution is 2.44. The van der Waals surface area contributed by atoms with Crippen molar-refractivity contribution >= 4 is 29.2 Å². The predicted molar refractivity (Wildman–Crippen MR) is 77.3 cm³/mol. The molecule has 3 rings (SSSR count). The Bertz CT molecular complexity index is 583. The number of aliphatic carboxylic acids is 1. The summed E-state index contributed by atoms with van der Waals surface area (Å²) in [5.74, 6) is -2.73. The Labute approximate surface area is 127 Å². The number of carboxylic acids is 1. The summed E-state index contributed by atoms with van der Waals surface area (Å²) >= 11 is 6.10. The minimum atomic E-state index is -0.974. The number of hydrogen-bond acceptors (Lipinski definition) is 3. The molecular formula is C15H16ClNO4. The fraction of sp³-hybridized carbons (Fsp3) is 0.467. The molecule has 6 heteroatoms. The van der Waals surface area contributed by atoms with E-state index in [2.05, 4.69) is 5.32 Å². The molecule has 1 amide bonds. The second-order valence-corrected chi connectivity index (χ2v) is 6.01. The minimum absolute atomic E-state index is 0.307. The van der Waals surface area contributed by atoms with Crippen molar-refractivity contribution in [1.82, 2.24) is 0 Å². The molecule has 1 aromatic rings. The first kappa shape index (κ1) is 14.4. The zero-order chi connectivity index (χ0) is 15.1. The molecule has 2 bridgehead atoms. The number of para-hydroxylation sites is 1. The fourth-order valence-corrected chi connectivity index (χ4v) is 3.59. The van der Waals surface area contributed by atoms with E-state index >= 15 is 0 Å². The number of carbonyl (C=O) groups is 2. The van der Waals surface area contributed by atoms with Crippen LogP contribution in [-0.4, -0.2) is 29.2 Å². The summed E-state index contributed by atoms with van der Waals surface area (Å²) in [5, 5.41) is 12.6. The highest BCUT2D eigenvalue weighted by Gasteiger charge is 2.55. The number of rotatable bonds is 3. The largest absolute Gasteiger partial charge is 0.481 e. The van der Waals surface area contributed by atoms with Gasteiger partial charge in [-0.05, 0) is 31.4 Å². The van der Waals surface area contributed by atoms with Crippen LogP contribution in [0.5, 0.6) is 0 Å². The summed E-state index contributed by atoms with van der Waals surface area (Å²) < 4.78 is 5.60. The van der Waals surface area contributed by atoms with Crippen LogP contribution in [0.15, 0.2) is 18.2 Å². The summed E-state index contributed by atoms with van der Waals surface area (Å²) in [6.45, 7) is 1.84. The molecule has 5 nitrogen and oxygen atoms in total. The standard InChI is InChI=1S/C15H16ClNO4/c1-7-3-2-4-8(16)13(7)17-14(18)11-9-5-6-10(21-9)12(11)15(19)20/h2-4,9-12H,5-6H2,1H3,(H,17,18)(H,19,20)/t9-,10-,11-,12+/m1/s1. The molecule has 4 atom stereocenters. The molecule has 0 aromatic heterocycles. The van der Waals surface area contributed by atoms with Crippen molar-refractivity contribution in [3.05, 3.63) is 28.8 Å². The monoisotopic (exact) mass is 309 g/mol. The van der Waals surface area contributed by atoms with Crippen LogP contribution in [0.3, 0.4) is 0 Å². The predicted octanol–water partition coefficient (Wildman–Crippen LogP) is 2.47. The van der Waals surface area contributed by atoms with Gasteiger partial charge in [-0.15, -0.1) is 0 Å². The first-order valence-electron chi connectivity index (χ1n) is 6.93. The lowest BCUT2D eigenvalue weighted by Crippen LogP contribution is -2.41. The number of ether oxygens (including phenoxy) is 1. The van der Waals surface area contributed by atoms with Gasteiger partial charge in [0, 0.05) is 0 Å². The van der Waals surface area contributed by atoms with Crippen molar-refractivity contribution in [2.45, 2.75) is 32.0 Å². The molecular weight excluding hydrogens is 294 g/mol. The van der Waals surface area contributed by atoms with Crippen LogP contribution in [0.25, 0.3) is 0 Å². The van der Waals surface area contributed by atoms with Gasteiger partial charge in [0.15, 0.2) is 0 Å². The van der Waals surface area contributed by atoms with Gasteiger partial charge in [0.25, 0.3) is 0 Å². The van der Waals surface area contributed by atoms with E-state index in [1.165, 1.54) is 0 Å². The number of carbonyl (C=O) groups excluding carboxylic acids is 1. The second kappa shape index (κ2) is 5.31. The van der Waals surface area contributed by atoms with Crippen molar-refractivity contribution < 1.29 is 19.4 Å². The van der Waals surface area contributed by atoms with Gasteiger partial charge in [-0.3, -0.25) is 9.59 Å². The number of benzene rings is 1. The molecule has 0 radical (unpaired) electrons. The van der Waals surface area contributed by atoms with Crippen molar-refractivity contribution in [1.29, 1.82) is 0 Å². The Morgan fingerprint density at radius 2 is 1.95 bits per heavy atom. The van der Waals surface area contributed by atoms with Gasteiger partial charge in [-0.1, -0.05) is 23.7 Å². The molecule has 2 N–H and O–H groups in total. The average Bonchev–Trinajstić information content (AvgIpc) is 3.03. The molecule has 2 heterocycles. The smallest absolute Gasteiger partial charge is 0.310 e. The Morgan fingerprint density at radius 3 is 2.57 bits per heavy atom. The summed E-state index contributed by atoms with van der Waals surface area (Å²) in [5.41, 5.74) is 1.38. The summed E-state index contributed by atoms with van der Waals surface area (Å²) in [6, 6.07) is 5.33. The first-order chi connectivity index (χ1) is 9.99. The molecule has 0 spiro atoms. The number of amides is 1. The lowest BCUT2D eigenvalue weighted by atomic mass is 9.78. The average molecular weight is 310 g/mol. The molecule has 2 saturated heterocycles. The van der Waals surface area contributed by atoms with Gasteiger partial charge >= 0.3 is 5.97 Å². The number of carboxylic acid groups (broad SMARTS) is 1. The third kappa shape index (κ3) is 2.40. The van der Waals surface area contributed by atoms with E-state index in [0.717, 1.165) is 12.0 Å². The van der Waals surface area contributed by atoms with E-state index in [1.807, 2.05) is 13.0 Å². The first-order valence-corrected chi connectivity index (χ1v) is 7.31. The SMILES string of the molecule is Cc1cccc(Cl)c1NC(=O)[C@H]1[C@@H](C(=O)O)[C@H]2CC[C@H]1O2. The molecule has 2 aliphatic heterocycles. The lowest BCUT2D eigenvalue weighted by molar-refractivity contribution is -0.147. The summed E-state index contributed by atoms with van der Waals surface area (Å²) in [4.78, 5) is 23.9. The second-order valence-electron chi connectivity index (χ2n) is 5.60. The maximum absolute atomic E-state index is 12.5. The Morgan fingerprint density at radius 1 is 1.29 bits per heavy atom. The Hall–Kier alpha value is -1.59. The van der Waals surface area contributed by atoms with Gasteiger partial charge in [0.2, 0.25) is 5.91 Å². The Kier molecular flexibility index (Phi) is 3.63. The number of hydrogen-bond donors (Lipinski definition) is 2. The molecule has 1 aromatic carbocycles. The molecule has 21 heavy (non-hydrogen) atoms. The maximum atomic E-state index is 12.5. The normalized spacial score (nSPS) is 30.4. The van der Waals surface area contributed by atoms with E-state index in [-0.39, 0.29) is 18.1 Å². The van der Waals surface area contributed by atoms with Crippen LogP contribution in [0.1, 0.15) is 18.4 Å². The van der Waals surface area contributed by atoms with Crippen molar-refractivity contribution in [3.8, 4) is 0 Å². The summed E-state index contributed by atoms with van der Waals surface area (Å²) in [7, 11) is 0. The van der Waals surface area contributed by atoms with Crippen molar-refractivity contribution in [2.75, 3.05) is 5.32 Å². The number of anilines is 1. The van der Waals surface area contributed by atoms with Crippen LogP contribution >= 0.6 is 11.6 Å². The van der Waals surface area contributed by atoms with E-state index in [0.29, 0.717) is 17.1 Å². The van der Waals surface area contributed by atoms with Crippen LogP contribution in [0, 0.1) is 18.8 Å². The molecule has 2 fully saturated rings. The topological polar surface area (TPSA) is 75.6 Å². The van der Waals surface area contributed by atoms with Crippen molar-refractivity contribution in [2.24, 2.45) is 11.8 Å². The third-order valence-electron chi connectivity index (χ3n) is 4.33. The zero-order valence-electron chi connectivity index (χ0n) is 11.5. The van der Waals surface area contributed by atoms with Gasteiger partial charge in [-0.25, -0.2) is 0 Å². The fourth-order valence-electron chi connectivity index (χ4n) is 3.32. The van der Waals surface area contributed by atoms with Gasteiger partial charge in [0.05, 0.1) is 34.8 Å². The van der Waals surface area contributed by atoms with Gasteiger partial charge in [-0.2, -0.15) is 0 Å². The quantitative estimate of drug-likeness (QED) is 0.899. The lowest BCUT2D eigenvalue weighted by Gasteiger charge is -2.24. The van der Waals surface area contributed by atoms with Crippen LogP contribution in [0.2, 0.25) is 5.02 Å². The van der Waals surface area contributed by atoms with Gasteiger partial charge in [0.1, 0.15) is 0 Å². The van der Waals surface area contributed by atoms with Crippen LogP contribution in [0.4, 0.5) is 5.69 Å². The third-order valence-corrected chi connectivity index (χ3v) is 4.65. The van der Waals surface area contributed by atoms with Crippen LogP contribution in [-0.2, 0) is 14.3 Å². The van der Waals surface area contributed by atoms with Crippen molar-refractivity contribution in [3.63, 3.8) is 0 Å². The zero-order valence-corrected chi connectivity index (χ0v) is 12.3. The number of fused-ring (bicyclic) bond motifs is 2. The highest BCUT2D eigenvalue weighted by atomic mass is 35.5. The van der Waals surface area contributed by atoms with E-state index in [1.54, 1.807) is 12.1 Å². The van der Waals surface area contributed by atoms with Crippen LogP contribution < -0.4 is 5.32 Å². The number of halogens is 1. The molecule has 0 aliphatic carbocycles. The molecule has 2 aliphatic rings. The molecule has 0 unspecified atom stereocenters. The maximum Gasteiger partial charge on any atom is 0.310 e. The highest BCUT2D eigenvalue weighted by molar-refractivity contribution is 6.34. The molecule has 112 valence electrons. The summed E-state index contributed by atoms with van der Waals surface area (Å²) in [6.07, 6.45) is 0.777. The number of aryl methyl sites for hydroxylation is 1.